The Morgan fingerprint density at radius 2 is 1.88 bits per heavy atom. The van der Waals surface area contributed by atoms with Crippen molar-refractivity contribution in [1.29, 1.82) is 0 Å². The summed E-state index contributed by atoms with van der Waals surface area (Å²) >= 11 is 5.62. The zero-order chi connectivity index (χ0) is 22.9. The van der Waals surface area contributed by atoms with E-state index in [1.54, 1.807) is 11.0 Å². The van der Waals surface area contributed by atoms with Crippen molar-refractivity contribution in [3.8, 4) is 5.75 Å². The van der Waals surface area contributed by atoms with Crippen LogP contribution in [0.1, 0.15) is 24.8 Å². The van der Waals surface area contributed by atoms with E-state index in [0.29, 0.717) is 43.7 Å². The Labute approximate surface area is 187 Å². The van der Waals surface area contributed by atoms with E-state index in [4.69, 9.17) is 16.3 Å². The summed E-state index contributed by atoms with van der Waals surface area (Å²) in [7, 11) is 0. The van der Waals surface area contributed by atoms with Crippen LogP contribution in [0.3, 0.4) is 0 Å². The summed E-state index contributed by atoms with van der Waals surface area (Å²) < 4.78 is 48.1. The molecule has 1 saturated heterocycles. The molecule has 32 heavy (non-hydrogen) atoms. The maximum atomic E-state index is 14.3. The third kappa shape index (κ3) is 4.31. The quantitative estimate of drug-likeness (QED) is 0.404. The van der Waals surface area contributed by atoms with Crippen LogP contribution in [0.4, 0.5) is 24.5 Å². The van der Waals surface area contributed by atoms with E-state index in [-0.39, 0.29) is 35.3 Å². The van der Waals surface area contributed by atoms with E-state index in [2.05, 4.69) is 10.3 Å². The molecule has 1 N–H and O–H groups in total. The van der Waals surface area contributed by atoms with E-state index in [1.807, 2.05) is 0 Å². The SMILES string of the molecule is O=C=NC1(COc2ccc(F)c3c2CCC(=O)N3)CCN(c2cc(F)c(Cl)cc2F)CC1. The Kier molecular flexibility index (Phi) is 6.13. The number of benzene rings is 2. The lowest BCUT2D eigenvalue weighted by Gasteiger charge is -2.39. The Bertz CT molecular complexity index is 1110. The molecule has 0 unspecified atom stereocenters. The van der Waals surface area contributed by atoms with Gasteiger partial charge in [0.25, 0.3) is 0 Å². The van der Waals surface area contributed by atoms with Crippen molar-refractivity contribution < 1.29 is 27.5 Å². The first-order valence-corrected chi connectivity index (χ1v) is 10.4. The first-order valence-electron chi connectivity index (χ1n) is 10.0. The number of nitrogens with zero attached hydrogens (tertiary/aromatic N) is 2. The molecule has 0 saturated carbocycles. The molecule has 4 rings (SSSR count). The van der Waals surface area contributed by atoms with Crippen LogP contribution in [-0.4, -0.2) is 37.2 Å². The zero-order valence-electron chi connectivity index (χ0n) is 16.9. The van der Waals surface area contributed by atoms with Gasteiger partial charge in [-0.1, -0.05) is 11.6 Å². The van der Waals surface area contributed by atoms with E-state index >= 15 is 0 Å². The minimum Gasteiger partial charge on any atom is -0.491 e. The average Bonchev–Trinajstić information content (AvgIpc) is 2.77. The van der Waals surface area contributed by atoms with Gasteiger partial charge in [0.05, 0.1) is 16.4 Å². The molecule has 10 heteroatoms. The fourth-order valence-corrected chi connectivity index (χ4v) is 4.23. The lowest BCUT2D eigenvalue weighted by molar-refractivity contribution is -0.116. The van der Waals surface area contributed by atoms with Crippen LogP contribution in [0.2, 0.25) is 5.02 Å². The molecule has 1 fully saturated rings. The number of aliphatic imine (C=N–C) groups is 1. The summed E-state index contributed by atoms with van der Waals surface area (Å²) in [5, 5.41) is 2.22. The number of isocyanates is 1. The molecule has 0 radical (unpaired) electrons. The predicted molar refractivity (Wildman–Crippen MR) is 113 cm³/mol. The van der Waals surface area contributed by atoms with Crippen molar-refractivity contribution in [3.05, 3.63) is 52.3 Å². The molecule has 2 aliphatic heterocycles. The van der Waals surface area contributed by atoms with Crippen molar-refractivity contribution in [1.82, 2.24) is 0 Å². The fraction of sp³-hybridized carbons (Fsp3) is 0.364. The Balaban J connectivity index is 1.50. The molecule has 0 aliphatic carbocycles. The lowest BCUT2D eigenvalue weighted by Crippen LogP contribution is -2.47. The molecule has 2 aromatic carbocycles. The number of fused-ring (bicyclic) bond motifs is 1. The van der Waals surface area contributed by atoms with Gasteiger partial charge in [-0.2, -0.15) is 4.99 Å². The van der Waals surface area contributed by atoms with Gasteiger partial charge in [-0.15, -0.1) is 0 Å². The number of carbonyl (C=O) groups is 1. The number of anilines is 2. The number of halogens is 4. The maximum absolute atomic E-state index is 14.3. The first-order chi connectivity index (χ1) is 15.3. The molecule has 1 amide bonds. The molecule has 0 spiro atoms. The van der Waals surface area contributed by atoms with Gasteiger partial charge in [-0.05, 0) is 37.5 Å². The largest absolute Gasteiger partial charge is 0.491 e. The number of hydrogen-bond acceptors (Lipinski definition) is 5. The molecule has 0 atom stereocenters. The lowest BCUT2D eigenvalue weighted by atomic mass is 9.88. The van der Waals surface area contributed by atoms with Gasteiger partial charge < -0.3 is 15.0 Å². The second kappa shape index (κ2) is 8.84. The smallest absolute Gasteiger partial charge is 0.235 e. The van der Waals surface area contributed by atoms with Gasteiger partial charge in [0, 0.05) is 31.1 Å². The summed E-state index contributed by atoms with van der Waals surface area (Å²) in [6.07, 6.45) is 2.77. The summed E-state index contributed by atoms with van der Waals surface area (Å²) in [4.78, 5) is 28.3. The highest BCUT2D eigenvalue weighted by Crippen LogP contribution is 2.36. The van der Waals surface area contributed by atoms with Crippen molar-refractivity contribution in [3.63, 3.8) is 0 Å². The van der Waals surface area contributed by atoms with Crippen LogP contribution in [0.25, 0.3) is 0 Å². The van der Waals surface area contributed by atoms with Gasteiger partial charge in [-0.25, -0.2) is 18.0 Å². The van der Waals surface area contributed by atoms with Crippen molar-refractivity contribution in [2.45, 2.75) is 31.2 Å². The van der Waals surface area contributed by atoms with Gasteiger partial charge >= 0.3 is 0 Å². The van der Waals surface area contributed by atoms with Gasteiger partial charge in [0.15, 0.2) is 0 Å². The minimum atomic E-state index is -0.918. The molecule has 2 aliphatic rings. The maximum Gasteiger partial charge on any atom is 0.235 e. The number of amides is 1. The van der Waals surface area contributed by atoms with Crippen LogP contribution in [0, 0.1) is 17.5 Å². The monoisotopic (exact) mass is 465 g/mol. The predicted octanol–water partition coefficient (Wildman–Crippen LogP) is 4.40. The second-order valence-corrected chi connectivity index (χ2v) is 8.28. The summed E-state index contributed by atoms with van der Waals surface area (Å²) in [6, 6.07) is 4.65. The summed E-state index contributed by atoms with van der Waals surface area (Å²) in [5.74, 6) is -1.78. The number of ether oxygens (including phenoxy) is 1. The van der Waals surface area contributed by atoms with Crippen LogP contribution in [0.15, 0.2) is 29.3 Å². The molecular weight excluding hydrogens is 447 g/mol. The van der Waals surface area contributed by atoms with Gasteiger partial charge in [-0.3, -0.25) is 4.79 Å². The van der Waals surface area contributed by atoms with Crippen LogP contribution in [0.5, 0.6) is 5.75 Å². The van der Waals surface area contributed by atoms with Gasteiger partial charge in [0.2, 0.25) is 12.0 Å². The van der Waals surface area contributed by atoms with Crippen LogP contribution >= 0.6 is 11.6 Å². The number of rotatable bonds is 5. The van der Waals surface area contributed by atoms with E-state index < -0.39 is 23.0 Å². The normalized spacial score (nSPS) is 17.2. The van der Waals surface area contributed by atoms with Crippen molar-refractivity contribution >= 4 is 35.0 Å². The van der Waals surface area contributed by atoms with E-state index in [1.165, 1.54) is 12.1 Å². The minimum absolute atomic E-state index is 0.0135. The first kappa shape index (κ1) is 22.2. The highest BCUT2D eigenvalue weighted by atomic mass is 35.5. The zero-order valence-corrected chi connectivity index (χ0v) is 17.6. The molecule has 6 nitrogen and oxygen atoms in total. The van der Waals surface area contributed by atoms with E-state index in [0.717, 1.165) is 12.1 Å². The number of piperidine rings is 1. The van der Waals surface area contributed by atoms with Crippen LogP contribution in [-0.2, 0) is 16.0 Å². The molecule has 0 aromatic heterocycles. The summed E-state index contributed by atoms with van der Waals surface area (Å²) in [6.45, 7) is 0.605. The summed E-state index contributed by atoms with van der Waals surface area (Å²) in [5.41, 5.74) is -0.189. The number of nitrogens with one attached hydrogen (secondary N) is 1. The third-order valence-electron chi connectivity index (χ3n) is 5.89. The Hall–Kier alpha value is -3.03. The second-order valence-electron chi connectivity index (χ2n) is 7.87. The molecule has 0 bridgehead atoms. The fourth-order valence-electron chi connectivity index (χ4n) is 4.07. The van der Waals surface area contributed by atoms with Crippen molar-refractivity contribution in [2.24, 2.45) is 4.99 Å². The highest BCUT2D eigenvalue weighted by molar-refractivity contribution is 6.30. The number of carbonyl (C=O) groups excluding carboxylic acids is 2. The molecule has 168 valence electrons. The number of hydrogen-bond donors (Lipinski definition) is 1. The molecule has 2 aromatic rings. The topological polar surface area (TPSA) is 71.0 Å². The van der Waals surface area contributed by atoms with Gasteiger partial charge in [0.1, 0.15) is 35.3 Å². The third-order valence-corrected chi connectivity index (χ3v) is 6.18. The van der Waals surface area contributed by atoms with E-state index in [9.17, 15) is 22.8 Å². The van der Waals surface area contributed by atoms with Crippen molar-refractivity contribution in [2.75, 3.05) is 29.9 Å². The Morgan fingerprint density at radius 3 is 2.59 bits per heavy atom. The molecule has 2 heterocycles. The molecular formula is C22H19ClF3N3O3. The van der Waals surface area contributed by atoms with Crippen LogP contribution < -0.4 is 15.0 Å². The standard InChI is InChI=1S/C22H19ClF3N3O3/c23-14-9-17(26)18(10-16(14)25)29-7-5-22(6-8-29,27-12-30)11-32-19-3-2-15(24)21-13(19)1-4-20(31)28-21/h2-3,9-10H,1,4-8,11H2,(H,28,31). The highest BCUT2D eigenvalue weighted by Gasteiger charge is 2.37. The average molecular weight is 466 g/mol. The Morgan fingerprint density at radius 1 is 1.12 bits per heavy atom.